The second kappa shape index (κ2) is 4.75. The van der Waals surface area contributed by atoms with Crippen molar-refractivity contribution in [2.24, 2.45) is 0 Å². The second-order valence-electron chi connectivity index (χ2n) is 4.57. The number of carbonyl (C=O) groups excluding carboxylic acids is 1. The Morgan fingerprint density at radius 2 is 2.00 bits per heavy atom. The normalized spacial score (nSPS) is 15.1. The lowest BCUT2D eigenvalue weighted by molar-refractivity contribution is -0.186. The molecule has 0 N–H and O–H groups in total. The summed E-state index contributed by atoms with van der Waals surface area (Å²) in [6.45, 7) is 1.90. The Morgan fingerprint density at radius 3 is 2.58 bits per heavy atom. The number of amides is 1. The van der Waals surface area contributed by atoms with Crippen molar-refractivity contribution in [1.29, 1.82) is 0 Å². The van der Waals surface area contributed by atoms with Crippen LogP contribution in [-0.2, 0) is 17.8 Å². The van der Waals surface area contributed by atoms with E-state index in [1.807, 2.05) is 13.0 Å². The molecule has 1 heterocycles. The van der Waals surface area contributed by atoms with Crippen LogP contribution in [0.5, 0.6) is 5.75 Å². The Morgan fingerprint density at radius 1 is 1.32 bits per heavy atom. The molecular formula is C13H14F3NO2. The van der Waals surface area contributed by atoms with Crippen LogP contribution in [0.3, 0.4) is 0 Å². The number of benzene rings is 1. The first-order valence-electron chi connectivity index (χ1n) is 5.85. The fourth-order valence-corrected chi connectivity index (χ4v) is 2.28. The molecule has 0 atom stereocenters. The molecule has 0 fully saturated rings. The highest BCUT2D eigenvalue weighted by Gasteiger charge is 2.43. The molecule has 0 aliphatic carbocycles. The van der Waals surface area contributed by atoms with E-state index in [0.717, 1.165) is 21.6 Å². The topological polar surface area (TPSA) is 29.5 Å². The number of hydrogen-bond acceptors (Lipinski definition) is 2. The number of halogens is 3. The molecule has 104 valence electrons. The zero-order chi connectivity index (χ0) is 14.2. The molecule has 0 bridgehead atoms. The van der Waals surface area contributed by atoms with Gasteiger partial charge in [-0.25, -0.2) is 0 Å². The van der Waals surface area contributed by atoms with E-state index >= 15 is 0 Å². The lowest BCUT2D eigenvalue weighted by Gasteiger charge is -2.30. The summed E-state index contributed by atoms with van der Waals surface area (Å²) in [5, 5.41) is 0. The Labute approximate surface area is 109 Å². The fraction of sp³-hybridized carbons (Fsp3) is 0.462. The van der Waals surface area contributed by atoms with Crippen molar-refractivity contribution >= 4 is 5.91 Å². The van der Waals surface area contributed by atoms with Crippen molar-refractivity contribution in [3.8, 4) is 5.75 Å². The number of fused-ring (bicyclic) bond motifs is 1. The maximum atomic E-state index is 12.4. The molecule has 0 unspecified atom stereocenters. The highest BCUT2D eigenvalue weighted by atomic mass is 19.4. The van der Waals surface area contributed by atoms with Crippen molar-refractivity contribution in [2.45, 2.75) is 26.1 Å². The smallest absolute Gasteiger partial charge is 0.471 e. The summed E-state index contributed by atoms with van der Waals surface area (Å²) in [6.07, 6.45) is -4.40. The molecule has 1 aromatic carbocycles. The first-order valence-corrected chi connectivity index (χ1v) is 5.85. The molecule has 2 rings (SSSR count). The zero-order valence-electron chi connectivity index (χ0n) is 10.7. The van der Waals surface area contributed by atoms with E-state index in [9.17, 15) is 18.0 Å². The number of carbonyl (C=O) groups is 1. The van der Waals surface area contributed by atoms with Gasteiger partial charge in [0, 0.05) is 13.1 Å². The predicted octanol–water partition coefficient (Wildman–Crippen LogP) is 2.45. The maximum Gasteiger partial charge on any atom is 0.471 e. The van der Waals surface area contributed by atoms with Crippen LogP contribution in [0, 0.1) is 6.92 Å². The predicted molar refractivity (Wildman–Crippen MR) is 62.9 cm³/mol. The highest BCUT2D eigenvalue weighted by Crippen LogP contribution is 2.29. The first-order chi connectivity index (χ1) is 8.82. The number of methoxy groups -OCH3 is 1. The number of rotatable bonds is 1. The van der Waals surface area contributed by atoms with E-state index in [0.29, 0.717) is 12.2 Å². The van der Waals surface area contributed by atoms with Gasteiger partial charge in [-0.1, -0.05) is 6.07 Å². The summed E-state index contributed by atoms with van der Waals surface area (Å²) in [5.74, 6) is -1.05. The molecule has 0 aromatic heterocycles. The van der Waals surface area contributed by atoms with Crippen molar-refractivity contribution in [1.82, 2.24) is 4.90 Å². The van der Waals surface area contributed by atoms with Gasteiger partial charge in [0.25, 0.3) is 0 Å². The Balaban J connectivity index is 2.25. The largest absolute Gasteiger partial charge is 0.496 e. The number of alkyl halides is 3. The van der Waals surface area contributed by atoms with Crippen LogP contribution in [0.4, 0.5) is 13.2 Å². The summed E-state index contributed by atoms with van der Waals surface area (Å²) in [7, 11) is 1.55. The molecule has 3 nitrogen and oxygen atoms in total. The van der Waals surface area contributed by atoms with Crippen molar-refractivity contribution in [2.75, 3.05) is 13.7 Å². The standard InChI is InChI=1S/C13H14F3NO2/c1-8-5-10-7-17(12(18)13(14,15)16)4-3-9(10)6-11(8)19-2/h5-6H,3-4,7H2,1-2H3. The van der Waals surface area contributed by atoms with Gasteiger partial charge in [-0.2, -0.15) is 13.2 Å². The summed E-state index contributed by atoms with van der Waals surface area (Å²) in [5.41, 5.74) is 2.54. The Hall–Kier alpha value is -1.72. The molecule has 6 heteroatoms. The molecule has 0 radical (unpaired) electrons. The van der Waals surface area contributed by atoms with Crippen molar-refractivity contribution in [3.63, 3.8) is 0 Å². The van der Waals surface area contributed by atoms with E-state index in [-0.39, 0.29) is 13.1 Å². The van der Waals surface area contributed by atoms with Gasteiger partial charge in [0.05, 0.1) is 7.11 Å². The van der Waals surface area contributed by atoms with Gasteiger partial charge in [0.15, 0.2) is 0 Å². The third kappa shape index (κ3) is 2.67. The molecule has 1 amide bonds. The number of nitrogens with zero attached hydrogens (tertiary/aromatic N) is 1. The molecule has 0 saturated carbocycles. The van der Waals surface area contributed by atoms with Crippen LogP contribution in [-0.4, -0.2) is 30.6 Å². The Kier molecular flexibility index (Phi) is 3.43. The maximum absolute atomic E-state index is 12.4. The van der Waals surface area contributed by atoms with Gasteiger partial charge in [0.2, 0.25) is 0 Å². The summed E-state index contributed by atoms with van der Waals surface area (Å²) in [6, 6.07) is 3.62. The van der Waals surface area contributed by atoms with Gasteiger partial charge in [-0.05, 0) is 36.1 Å². The molecule has 1 aliphatic heterocycles. The number of hydrogen-bond donors (Lipinski definition) is 0. The van der Waals surface area contributed by atoms with Crippen molar-refractivity contribution < 1.29 is 22.7 Å². The van der Waals surface area contributed by atoms with E-state index in [1.165, 1.54) is 0 Å². The third-order valence-electron chi connectivity index (χ3n) is 3.26. The molecular weight excluding hydrogens is 259 g/mol. The summed E-state index contributed by atoms with van der Waals surface area (Å²) < 4.78 is 42.4. The first kappa shape index (κ1) is 13.7. The summed E-state index contributed by atoms with van der Waals surface area (Å²) >= 11 is 0. The highest BCUT2D eigenvalue weighted by molar-refractivity contribution is 5.82. The van der Waals surface area contributed by atoms with Gasteiger partial charge >= 0.3 is 12.1 Å². The molecule has 0 spiro atoms. The van der Waals surface area contributed by atoms with Crippen LogP contribution in [0.1, 0.15) is 16.7 Å². The third-order valence-corrected chi connectivity index (χ3v) is 3.26. The molecule has 1 aromatic rings. The minimum atomic E-state index is -4.81. The molecule has 1 aliphatic rings. The van der Waals surface area contributed by atoms with Gasteiger partial charge < -0.3 is 9.64 Å². The van der Waals surface area contributed by atoms with Crippen LogP contribution in [0.2, 0.25) is 0 Å². The number of ether oxygens (including phenoxy) is 1. The minimum absolute atomic E-state index is 0.00148. The average Bonchev–Trinajstić information content (AvgIpc) is 2.35. The Bertz CT molecular complexity index is 511. The fourth-order valence-electron chi connectivity index (χ4n) is 2.28. The summed E-state index contributed by atoms with van der Waals surface area (Å²) in [4.78, 5) is 12.1. The quantitative estimate of drug-likeness (QED) is 0.786. The van der Waals surface area contributed by atoms with E-state index in [2.05, 4.69) is 0 Å². The number of aryl methyl sites for hydroxylation is 1. The average molecular weight is 273 g/mol. The van der Waals surface area contributed by atoms with E-state index < -0.39 is 12.1 Å². The lowest BCUT2D eigenvalue weighted by Crippen LogP contribution is -2.43. The van der Waals surface area contributed by atoms with Crippen molar-refractivity contribution in [3.05, 3.63) is 28.8 Å². The van der Waals surface area contributed by atoms with Crippen LogP contribution < -0.4 is 4.74 Å². The zero-order valence-corrected chi connectivity index (χ0v) is 10.7. The van der Waals surface area contributed by atoms with Crippen LogP contribution in [0.25, 0.3) is 0 Å². The monoisotopic (exact) mass is 273 g/mol. The van der Waals surface area contributed by atoms with E-state index in [4.69, 9.17) is 4.74 Å². The SMILES string of the molecule is COc1cc2c(cc1C)CN(C(=O)C(F)(F)F)CC2. The van der Waals surface area contributed by atoms with Crippen LogP contribution in [0.15, 0.2) is 12.1 Å². The van der Waals surface area contributed by atoms with E-state index in [1.54, 1.807) is 13.2 Å². The minimum Gasteiger partial charge on any atom is -0.496 e. The van der Waals surface area contributed by atoms with Gasteiger partial charge in [-0.15, -0.1) is 0 Å². The van der Waals surface area contributed by atoms with Gasteiger partial charge in [0.1, 0.15) is 5.75 Å². The van der Waals surface area contributed by atoms with Gasteiger partial charge in [-0.3, -0.25) is 4.79 Å². The second-order valence-corrected chi connectivity index (χ2v) is 4.57. The lowest BCUT2D eigenvalue weighted by atomic mass is 9.97. The van der Waals surface area contributed by atoms with Crippen LogP contribution >= 0.6 is 0 Å². The molecule has 0 saturated heterocycles. The molecule has 19 heavy (non-hydrogen) atoms.